The fraction of sp³-hybridized carbons (Fsp3) is 0.703. The van der Waals surface area contributed by atoms with Crippen molar-refractivity contribution < 1.29 is 63.0 Å². The van der Waals surface area contributed by atoms with E-state index in [0.29, 0.717) is 5.56 Å². The van der Waals surface area contributed by atoms with Crippen LogP contribution >= 0.6 is 0 Å². The molecule has 1 fully saturated rings. The number of aliphatic hydroxyl groups is 2. The van der Waals surface area contributed by atoms with E-state index in [1.54, 1.807) is 70.2 Å². The van der Waals surface area contributed by atoms with Crippen LogP contribution in [-0.2, 0) is 52.7 Å². The topological polar surface area (TPSA) is 308 Å². The lowest BCUT2D eigenvalue weighted by molar-refractivity contribution is -0.155. The zero-order chi connectivity index (χ0) is 67.5. The number of hydrogen-bond acceptors (Lipinski definition) is 13. The summed E-state index contributed by atoms with van der Waals surface area (Å²) in [5, 5.41) is 36.9. The molecular weight excluding hydrogens is 1130 g/mol. The standard InChI is InChI=1S/C64H107N11O13/c1-22-23-27-40(12)54(78)53-59(83)69-50(43(15)76)63(87)70(16)34-49(77)73(19)52(44-28-25-24-26-29-44)58(82)68-45(30-35(2)3)61(85)72(18)47(32-37(6)7)56(80)65-41(13)55(79)66-42(14)60(84)71(17)48(33-38(8)9)57(81)67-46(31-36(4)5)62(86)74(20)51(39(10)11)64(88)75(53)21/h22-26,28-29,35-43,45-48,50-54,76,78H,27,30-34H2,1-21H3,(H,65,80)(H,66,79)(H,67,81)(H,68,82)(H,69,83)/b23-22+/t40-,41+,42-,43-,45+,46+,47+,48+,50+,51+,52+,53+,54-/m1/s1. The van der Waals surface area contributed by atoms with Crippen LogP contribution in [-0.4, -0.2) is 220 Å². The van der Waals surface area contributed by atoms with Crippen LogP contribution in [0, 0.1) is 35.5 Å². The van der Waals surface area contributed by atoms with Crippen molar-refractivity contribution >= 4 is 65.0 Å². The minimum atomic E-state index is -1.77. The monoisotopic (exact) mass is 1240 g/mol. The molecule has 24 nitrogen and oxygen atoms in total. The third-order valence-electron chi connectivity index (χ3n) is 16.0. The maximum atomic E-state index is 15.1. The molecule has 0 unspecified atom stereocenters. The van der Waals surface area contributed by atoms with E-state index in [4.69, 9.17) is 0 Å². The SMILES string of the molecule is C/C=C/C[C@@H](C)[C@@H](O)[C@H]1C(=O)N[C@@H]([C@@H](C)O)C(=O)N(C)CC(=O)N(C)[C@@H](c2ccccc2)C(=O)N[C@@H](CC(C)C)C(=O)N(C)[C@@H](CC(C)C)C(=O)N[C@@H](C)C(=O)N[C@H](C)C(=O)N(C)[C@@H](CC(C)C)C(=O)N[C@@H](CC(C)C)C(=O)N(C)[C@@H](C(C)C)C(=O)N1C. The zero-order valence-electron chi connectivity index (χ0n) is 56.2. The molecule has 0 bridgehead atoms. The summed E-state index contributed by atoms with van der Waals surface area (Å²) < 4.78 is 0. The van der Waals surface area contributed by atoms with Crippen molar-refractivity contribution in [1.29, 1.82) is 0 Å². The van der Waals surface area contributed by atoms with Crippen LogP contribution in [0.4, 0.5) is 0 Å². The maximum Gasteiger partial charge on any atom is 0.248 e. The molecule has 2 rings (SSSR count). The van der Waals surface area contributed by atoms with Gasteiger partial charge in [-0.1, -0.05) is 119 Å². The fourth-order valence-corrected chi connectivity index (χ4v) is 10.9. The van der Waals surface area contributed by atoms with Gasteiger partial charge in [-0.3, -0.25) is 52.7 Å². The number of carbonyl (C=O) groups excluding carboxylic acids is 11. The Balaban J connectivity index is 3.01. The largest absolute Gasteiger partial charge is 0.391 e. The summed E-state index contributed by atoms with van der Waals surface area (Å²) in [7, 11) is 8.08. The molecule has 1 aliphatic rings. The molecular formula is C64H107N11O13. The quantitative estimate of drug-likeness (QED) is 0.125. The van der Waals surface area contributed by atoms with Crippen LogP contribution in [0.15, 0.2) is 42.5 Å². The average molecular weight is 1240 g/mol. The second-order valence-corrected chi connectivity index (χ2v) is 26.1. The molecule has 496 valence electrons. The second-order valence-electron chi connectivity index (χ2n) is 26.1. The Hall–Kier alpha value is -6.95. The van der Waals surface area contributed by atoms with E-state index in [1.165, 1.54) is 77.8 Å². The Morgan fingerprint density at radius 3 is 1.40 bits per heavy atom. The Labute approximate surface area is 523 Å². The molecule has 0 spiro atoms. The molecule has 1 aromatic rings. The van der Waals surface area contributed by atoms with Crippen LogP contribution in [0.25, 0.3) is 0 Å². The normalized spacial score (nSPS) is 26.5. The van der Waals surface area contributed by atoms with Gasteiger partial charge in [0.15, 0.2) is 0 Å². The summed E-state index contributed by atoms with van der Waals surface area (Å²) in [5.74, 6) is -10.5. The molecule has 11 amide bonds. The highest BCUT2D eigenvalue weighted by atomic mass is 16.3. The van der Waals surface area contributed by atoms with E-state index in [1.807, 2.05) is 55.4 Å². The smallest absolute Gasteiger partial charge is 0.248 e. The van der Waals surface area contributed by atoms with Crippen LogP contribution in [0.2, 0.25) is 0 Å². The Bertz CT molecular complexity index is 2580. The van der Waals surface area contributed by atoms with Gasteiger partial charge in [0.2, 0.25) is 65.0 Å². The molecule has 1 heterocycles. The van der Waals surface area contributed by atoms with Crippen molar-refractivity contribution in [3.63, 3.8) is 0 Å². The van der Waals surface area contributed by atoms with Gasteiger partial charge < -0.3 is 66.2 Å². The highest BCUT2D eigenvalue weighted by Crippen LogP contribution is 2.25. The third kappa shape index (κ3) is 21.7. The number of amides is 11. The van der Waals surface area contributed by atoms with E-state index in [2.05, 4.69) is 26.6 Å². The minimum absolute atomic E-state index is 0.0896. The van der Waals surface area contributed by atoms with E-state index in [0.717, 1.165) is 14.7 Å². The molecule has 0 saturated carbocycles. The van der Waals surface area contributed by atoms with Crippen LogP contribution in [0.3, 0.4) is 0 Å². The number of rotatable bonds is 15. The fourth-order valence-electron chi connectivity index (χ4n) is 10.9. The van der Waals surface area contributed by atoms with Crippen molar-refractivity contribution in [3.8, 4) is 0 Å². The Morgan fingerprint density at radius 1 is 0.489 bits per heavy atom. The molecule has 88 heavy (non-hydrogen) atoms. The number of nitrogens with zero attached hydrogens (tertiary/aromatic N) is 6. The predicted molar refractivity (Wildman–Crippen MR) is 336 cm³/mol. The molecule has 7 N–H and O–H groups in total. The van der Waals surface area contributed by atoms with Gasteiger partial charge in [-0.25, -0.2) is 0 Å². The third-order valence-corrected chi connectivity index (χ3v) is 16.0. The second kappa shape index (κ2) is 35.3. The molecule has 0 radical (unpaired) electrons. The summed E-state index contributed by atoms with van der Waals surface area (Å²) >= 11 is 0. The number of allylic oxidation sites excluding steroid dienone is 2. The maximum absolute atomic E-state index is 15.1. The highest BCUT2D eigenvalue weighted by molar-refractivity contribution is 6.00. The first kappa shape index (κ1) is 77.1. The first-order valence-electron chi connectivity index (χ1n) is 30.9. The summed E-state index contributed by atoms with van der Waals surface area (Å²) in [6.07, 6.45) is 0.975. The number of hydrogen-bond donors (Lipinski definition) is 7. The number of carbonyl (C=O) groups is 11. The Kier molecular flexibility index (Phi) is 30.9. The molecule has 13 atom stereocenters. The summed E-state index contributed by atoms with van der Waals surface area (Å²) in [6, 6.07) is -5.36. The lowest BCUT2D eigenvalue weighted by atomic mass is 9.91. The van der Waals surface area contributed by atoms with Gasteiger partial charge >= 0.3 is 0 Å². The first-order valence-corrected chi connectivity index (χ1v) is 30.9. The molecule has 24 heteroatoms. The van der Waals surface area contributed by atoms with Crippen LogP contribution < -0.4 is 26.6 Å². The molecule has 1 aromatic carbocycles. The van der Waals surface area contributed by atoms with Crippen molar-refractivity contribution in [1.82, 2.24) is 56.0 Å². The zero-order valence-corrected chi connectivity index (χ0v) is 56.2. The molecule has 0 aromatic heterocycles. The predicted octanol–water partition coefficient (Wildman–Crippen LogP) is 2.61. The Morgan fingerprint density at radius 2 is 0.932 bits per heavy atom. The van der Waals surface area contributed by atoms with Crippen molar-refractivity contribution in [3.05, 3.63) is 48.0 Å². The van der Waals surface area contributed by atoms with Gasteiger partial charge in [-0.15, -0.1) is 0 Å². The molecule has 1 aliphatic heterocycles. The first-order chi connectivity index (χ1) is 40.8. The van der Waals surface area contributed by atoms with Crippen LogP contribution in [0.5, 0.6) is 0 Å². The van der Waals surface area contributed by atoms with Crippen LogP contribution in [0.1, 0.15) is 148 Å². The van der Waals surface area contributed by atoms with E-state index < -0.39 is 156 Å². The van der Waals surface area contributed by atoms with Gasteiger partial charge in [-0.05, 0) is 101 Å². The van der Waals surface area contributed by atoms with E-state index >= 15 is 4.79 Å². The minimum Gasteiger partial charge on any atom is -0.391 e. The van der Waals surface area contributed by atoms with Crippen molar-refractivity contribution in [2.24, 2.45) is 35.5 Å². The van der Waals surface area contributed by atoms with E-state index in [9.17, 15) is 58.2 Å². The number of nitrogens with one attached hydrogen (secondary N) is 5. The lowest BCUT2D eigenvalue weighted by Crippen LogP contribution is -2.64. The summed E-state index contributed by atoms with van der Waals surface area (Å²) in [4.78, 5) is 167. The highest BCUT2D eigenvalue weighted by Gasteiger charge is 2.45. The molecule has 0 aliphatic carbocycles. The number of aliphatic hydroxyl groups excluding tert-OH is 2. The summed E-state index contributed by atoms with van der Waals surface area (Å²) in [6.45, 7) is 24.9. The van der Waals surface area contributed by atoms with Gasteiger partial charge in [-0.2, -0.15) is 0 Å². The van der Waals surface area contributed by atoms with Gasteiger partial charge in [0.1, 0.15) is 60.4 Å². The van der Waals surface area contributed by atoms with Gasteiger partial charge in [0.25, 0.3) is 0 Å². The number of likely N-dealkylation sites (N-methyl/N-ethyl adjacent to an activating group) is 6. The van der Waals surface area contributed by atoms with Gasteiger partial charge in [0, 0.05) is 42.3 Å². The van der Waals surface area contributed by atoms with E-state index in [-0.39, 0.29) is 55.8 Å². The van der Waals surface area contributed by atoms with Crippen molar-refractivity contribution in [2.45, 2.75) is 209 Å². The average Bonchev–Trinajstić information content (AvgIpc) is 3.15. The number of benzene rings is 1. The van der Waals surface area contributed by atoms with Gasteiger partial charge in [0.05, 0.1) is 18.8 Å². The molecule has 1 saturated heterocycles. The van der Waals surface area contributed by atoms with Crippen molar-refractivity contribution in [2.75, 3.05) is 48.8 Å². The summed E-state index contributed by atoms with van der Waals surface area (Å²) in [5.41, 5.74) is 0.334. The lowest BCUT2D eigenvalue weighted by Gasteiger charge is -2.40.